The predicted molar refractivity (Wildman–Crippen MR) is 115 cm³/mol. The Hall–Kier alpha value is -4.46. The molecule has 0 fully saturated rings. The van der Waals surface area contributed by atoms with Crippen molar-refractivity contribution in [1.29, 1.82) is 0 Å². The van der Waals surface area contributed by atoms with Gasteiger partial charge in [0.05, 0.1) is 5.69 Å². The minimum absolute atomic E-state index is 0.303. The number of amides is 1. The molecule has 0 atom stereocenters. The van der Waals surface area contributed by atoms with Gasteiger partial charge in [0.2, 0.25) is 0 Å². The van der Waals surface area contributed by atoms with E-state index in [0.29, 0.717) is 33.5 Å². The number of aromatic hydroxyl groups is 1. The molecule has 160 valence electrons. The molecular formula is C24H17FN2O5. The van der Waals surface area contributed by atoms with Crippen molar-refractivity contribution in [2.45, 2.75) is 0 Å². The maximum atomic E-state index is 13.5. The number of para-hydroxylation sites is 1. The highest BCUT2D eigenvalue weighted by atomic mass is 19.1. The maximum absolute atomic E-state index is 13.5. The van der Waals surface area contributed by atoms with Gasteiger partial charge in [0.1, 0.15) is 23.9 Å². The molecule has 32 heavy (non-hydrogen) atoms. The first-order valence-electron chi connectivity index (χ1n) is 9.58. The predicted octanol–water partition coefficient (Wildman–Crippen LogP) is 4.35. The largest absolute Gasteiger partial charge is 0.505 e. The van der Waals surface area contributed by atoms with Gasteiger partial charge in [0, 0.05) is 16.3 Å². The van der Waals surface area contributed by atoms with E-state index in [1.165, 1.54) is 24.3 Å². The molecule has 4 aromatic rings. The lowest BCUT2D eigenvalue weighted by molar-refractivity contribution is -0.135. The van der Waals surface area contributed by atoms with E-state index in [2.05, 4.69) is 10.3 Å². The van der Waals surface area contributed by atoms with Crippen molar-refractivity contribution in [3.63, 3.8) is 0 Å². The number of rotatable bonds is 6. The molecule has 0 radical (unpaired) electrons. The van der Waals surface area contributed by atoms with Crippen LogP contribution in [0.25, 0.3) is 22.0 Å². The summed E-state index contributed by atoms with van der Waals surface area (Å²) in [5, 5.41) is 22.5. The van der Waals surface area contributed by atoms with Gasteiger partial charge in [-0.3, -0.25) is 9.59 Å². The van der Waals surface area contributed by atoms with Gasteiger partial charge >= 0.3 is 5.97 Å². The maximum Gasteiger partial charge on any atom is 0.322 e. The Balaban J connectivity index is 1.86. The fraction of sp³-hybridized carbons (Fsp3) is 0.0417. The molecule has 0 aliphatic rings. The van der Waals surface area contributed by atoms with Crippen molar-refractivity contribution in [1.82, 2.24) is 10.3 Å². The second kappa shape index (κ2) is 8.73. The summed E-state index contributed by atoms with van der Waals surface area (Å²) in [5.74, 6) is -1.85. The van der Waals surface area contributed by atoms with Crippen LogP contribution in [0.1, 0.15) is 10.5 Å². The van der Waals surface area contributed by atoms with Crippen LogP contribution in [-0.4, -0.2) is 33.6 Å². The Morgan fingerprint density at radius 2 is 1.66 bits per heavy atom. The lowest BCUT2D eigenvalue weighted by atomic mass is 10.0. The van der Waals surface area contributed by atoms with E-state index in [1.54, 1.807) is 30.3 Å². The van der Waals surface area contributed by atoms with E-state index in [1.807, 2.05) is 18.2 Å². The zero-order valence-electron chi connectivity index (χ0n) is 16.6. The molecule has 0 spiro atoms. The van der Waals surface area contributed by atoms with Crippen molar-refractivity contribution >= 4 is 22.6 Å². The number of pyridine rings is 1. The van der Waals surface area contributed by atoms with E-state index in [4.69, 9.17) is 9.84 Å². The Labute approximate surface area is 181 Å². The second-order valence-electron chi connectivity index (χ2n) is 6.86. The summed E-state index contributed by atoms with van der Waals surface area (Å²) in [4.78, 5) is 27.6. The Morgan fingerprint density at radius 3 is 2.34 bits per heavy atom. The van der Waals surface area contributed by atoms with E-state index in [0.717, 1.165) is 0 Å². The number of carboxylic acids is 1. The number of nitrogens with one attached hydrogen (secondary N) is 1. The van der Waals surface area contributed by atoms with E-state index < -0.39 is 30.0 Å². The molecule has 3 N–H and O–H groups in total. The van der Waals surface area contributed by atoms with Gasteiger partial charge < -0.3 is 20.3 Å². The van der Waals surface area contributed by atoms with Crippen molar-refractivity contribution < 1.29 is 28.9 Å². The molecular weight excluding hydrogens is 415 g/mol. The molecule has 0 bridgehead atoms. The van der Waals surface area contributed by atoms with Crippen LogP contribution in [-0.2, 0) is 4.79 Å². The summed E-state index contributed by atoms with van der Waals surface area (Å²) >= 11 is 0. The van der Waals surface area contributed by atoms with E-state index in [9.17, 15) is 19.1 Å². The van der Waals surface area contributed by atoms with Gasteiger partial charge in [0.25, 0.3) is 5.91 Å². The van der Waals surface area contributed by atoms with Crippen LogP contribution in [0, 0.1) is 5.82 Å². The number of hydrogen-bond acceptors (Lipinski definition) is 5. The Kier molecular flexibility index (Phi) is 5.67. The number of aromatic nitrogens is 1. The summed E-state index contributed by atoms with van der Waals surface area (Å²) in [5.41, 5.74) is 0.465. The van der Waals surface area contributed by atoms with Crippen LogP contribution in [0.3, 0.4) is 0 Å². The molecule has 0 aliphatic carbocycles. The van der Waals surface area contributed by atoms with Gasteiger partial charge in [-0.25, -0.2) is 9.37 Å². The highest BCUT2D eigenvalue weighted by Gasteiger charge is 2.21. The topological polar surface area (TPSA) is 109 Å². The zero-order valence-corrected chi connectivity index (χ0v) is 16.6. The monoisotopic (exact) mass is 432 g/mol. The number of carbonyl (C=O) groups is 2. The molecule has 4 rings (SSSR count). The number of ether oxygens (including phenoxy) is 1. The smallest absolute Gasteiger partial charge is 0.322 e. The molecule has 0 saturated heterocycles. The summed E-state index contributed by atoms with van der Waals surface area (Å²) < 4.78 is 19.3. The SMILES string of the molecule is O=C(O)CNC(=O)c1nc(-c2ccc(F)cc2)c2cc(Oc3ccccc3)ccc2c1O. The second-order valence-corrected chi connectivity index (χ2v) is 6.86. The molecule has 0 unspecified atom stereocenters. The summed E-state index contributed by atoms with van der Waals surface area (Å²) in [6, 6.07) is 19.5. The van der Waals surface area contributed by atoms with Crippen molar-refractivity contribution in [2.24, 2.45) is 0 Å². The zero-order chi connectivity index (χ0) is 22.7. The average molecular weight is 432 g/mol. The van der Waals surface area contributed by atoms with Crippen LogP contribution in [0.2, 0.25) is 0 Å². The Bertz CT molecular complexity index is 1310. The number of nitrogens with zero attached hydrogens (tertiary/aromatic N) is 1. The third-order valence-electron chi connectivity index (χ3n) is 4.66. The van der Waals surface area contributed by atoms with Gasteiger partial charge in [-0.2, -0.15) is 0 Å². The van der Waals surface area contributed by atoms with E-state index >= 15 is 0 Å². The number of halogens is 1. The lowest BCUT2D eigenvalue weighted by Crippen LogP contribution is -2.30. The van der Waals surface area contributed by atoms with Crippen LogP contribution in [0.4, 0.5) is 4.39 Å². The average Bonchev–Trinajstić information content (AvgIpc) is 2.79. The van der Waals surface area contributed by atoms with Crippen molar-refractivity contribution in [3.8, 4) is 28.5 Å². The summed E-state index contributed by atoms with van der Waals surface area (Å²) in [7, 11) is 0. The number of fused-ring (bicyclic) bond motifs is 1. The molecule has 7 nitrogen and oxygen atoms in total. The highest BCUT2D eigenvalue weighted by molar-refractivity contribution is 6.07. The first-order valence-corrected chi connectivity index (χ1v) is 9.58. The lowest BCUT2D eigenvalue weighted by Gasteiger charge is -2.14. The number of hydrogen-bond donors (Lipinski definition) is 3. The molecule has 0 saturated carbocycles. The minimum Gasteiger partial charge on any atom is -0.505 e. The third kappa shape index (κ3) is 4.34. The normalized spacial score (nSPS) is 10.7. The standard InChI is InChI=1S/C24H17FN2O5/c25-15-8-6-14(7-9-15)21-19-12-17(32-16-4-2-1-3-5-16)10-11-18(19)23(30)22(27-21)24(31)26-13-20(28)29/h1-12,30H,13H2,(H,26,31)(H,28,29). The number of aliphatic carboxylic acids is 1. The van der Waals surface area contributed by atoms with Gasteiger partial charge in [-0.1, -0.05) is 18.2 Å². The fourth-order valence-electron chi connectivity index (χ4n) is 3.19. The first-order chi connectivity index (χ1) is 15.4. The molecule has 8 heteroatoms. The molecule has 1 amide bonds. The van der Waals surface area contributed by atoms with Crippen LogP contribution < -0.4 is 10.1 Å². The number of carboxylic acid groups (broad SMARTS) is 1. The molecule has 0 aliphatic heterocycles. The number of benzene rings is 3. The van der Waals surface area contributed by atoms with Gasteiger partial charge in [-0.05, 0) is 54.6 Å². The Morgan fingerprint density at radius 1 is 0.938 bits per heavy atom. The van der Waals surface area contributed by atoms with Gasteiger partial charge in [0.15, 0.2) is 11.4 Å². The third-order valence-corrected chi connectivity index (χ3v) is 4.66. The fourth-order valence-corrected chi connectivity index (χ4v) is 3.19. The molecule has 3 aromatic carbocycles. The van der Waals surface area contributed by atoms with Gasteiger partial charge in [-0.15, -0.1) is 0 Å². The van der Waals surface area contributed by atoms with Crippen molar-refractivity contribution in [3.05, 3.63) is 84.3 Å². The highest BCUT2D eigenvalue weighted by Crippen LogP contribution is 2.37. The minimum atomic E-state index is -1.24. The van der Waals surface area contributed by atoms with E-state index in [-0.39, 0.29) is 5.69 Å². The van der Waals surface area contributed by atoms with Crippen LogP contribution in [0.15, 0.2) is 72.8 Å². The van der Waals surface area contributed by atoms with Crippen LogP contribution >= 0.6 is 0 Å². The number of carbonyl (C=O) groups excluding carboxylic acids is 1. The summed E-state index contributed by atoms with van der Waals surface area (Å²) in [6.45, 7) is -0.631. The summed E-state index contributed by atoms with van der Waals surface area (Å²) in [6.07, 6.45) is 0. The van der Waals surface area contributed by atoms with Crippen molar-refractivity contribution in [2.75, 3.05) is 6.54 Å². The molecule has 1 aromatic heterocycles. The van der Waals surface area contributed by atoms with Crippen LogP contribution in [0.5, 0.6) is 17.2 Å². The quantitative estimate of drug-likeness (QED) is 0.418. The molecule has 1 heterocycles. The first kappa shape index (κ1) is 20.8.